The number of hydrogen-bond donors (Lipinski definition) is 1. The third kappa shape index (κ3) is 5.50. The largest absolute Gasteiger partial charge is 0.452 e. The zero-order valence-electron chi connectivity index (χ0n) is 15.8. The summed E-state index contributed by atoms with van der Waals surface area (Å²) in [4.78, 5) is 27.9. The van der Waals surface area contributed by atoms with E-state index in [1.54, 1.807) is 6.08 Å². The standard InChI is InChI=1S/C20H22N4O3S/c1-14-12-15(2)24(23-14)11-5-10-21-18(25)13-27-20(26)9-8-19-22-16-6-3-4-7-17(16)28-19/h3-4,6-9,12H,5,10-11,13H2,1-2H3,(H,21,25)/b9-8+. The number of ether oxygens (including phenoxy) is 1. The summed E-state index contributed by atoms with van der Waals surface area (Å²) in [5, 5.41) is 7.82. The van der Waals surface area contributed by atoms with Crippen LogP contribution in [0.1, 0.15) is 22.8 Å². The van der Waals surface area contributed by atoms with Crippen LogP contribution in [0.2, 0.25) is 0 Å². The van der Waals surface area contributed by atoms with Crippen LogP contribution in [0.4, 0.5) is 0 Å². The summed E-state index contributed by atoms with van der Waals surface area (Å²) in [5.41, 5.74) is 2.96. The van der Waals surface area contributed by atoms with E-state index in [9.17, 15) is 9.59 Å². The Hall–Kier alpha value is -3.00. The van der Waals surface area contributed by atoms with Gasteiger partial charge < -0.3 is 10.1 Å². The quantitative estimate of drug-likeness (QED) is 0.358. The van der Waals surface area contributed by atoms with Crippen molar-refractivity contribution in [1.29, 1.82) is 0 Å². The second-order valence-electron chi connectivity index (χ2n) is 6.31. The number of amides is 1. The van der Waals surface area contributed by atoms with Gasteiger partial charge in [-0.25, -0.2) is 9.78 Å². The molecule has 0 aliphatic heterocycles. The average molecular weight is 398 g/mol. The number of carbonyl (C=O) groups excluding carboxylic acids is 2. The molecule has 1 amide bonds. The summed E-state index contributed by atoms with van der Waals surface area (Å²) < 4.78 is 7.92. The topological polar surface area (TPSA) is 86.1 Å². The Kier molecular flexibility index (Phi) is 6.54. The number of aryl methyl sites for hydroxylation is 3. The number of benzene rings is 1. The van der Waals surface area contributed by atoms with Crippen molar-refractivity contribution in [3.05, 3.63) is 52.8 Å². The molecular formula is C20H22N4O3S. The first-order chi connectivity index (χ1) is 13.5. The van der Waals surface area contributed by atoms with Crippen molar-refractivity contribution in [3.63, 3.8) is 0 Å². The van der Waals surface area contributed by atoms with E-state index in [1.165, 1.54) is 17.4 Å². The van der Waals surface area contributed by atoms with E-state index in [1.807, 2.05) is 48.9 Å². The molecule has 0 bridgehead atoms. The van der Waals surface area contributed by atoms with Gasteiger partial charge in [-0.15, -0.1) is 11.3 Å². The molecule has 0 radical (unpaired) electrons. The molecule has 28 heavy (non-hydrogen) atoms. The zero-order chi connectivity index (χ0) is 19.9. The molecule has 2 heterocycles. The van der Waals surface area contributed by atoms with E-state index >= 15 is 0 Å². The molecule has 0 saturated carbocycles. The first kappa shape index (κ1) is 19.8. The second-order valence-corrected chi connectivity index (χ2v) is 7.38. The maximum Gasteiger partial charge on any atom is 0.331 e. The normalized spacial score (nSPS) is 11.2. The molecule has 146 valence electrons. The van der Waals surface area contributed by atoms with Crippen molar-refractivity contribution >= 4 is 39.5 Å². The summed E-state index contributed by atoms with van der Waals surface area (Å²) in [6.07, 6.45) is 3.63. The molecule has 0 atom stereocenters. The average Bonchev–Trinajstić information content (AvgIpc) is 3.23. The van der Waals surface area contributed by atoms with Gasteiger partial charge in [0.25, 0.3) is 5.91 Å². The van der Waals surface area contributed by atoms with E-state index in [-0.39, 0.29) is 12.5 Å². The van der Waals surface area contributed by atoms with E-state index in [2.05, 4.69) is 15.4 Å². The van der Waals surface area contributed by atoms with Crippen LogP contribution in [0, 0.1) is 13.8 Å². The van der Waals surface area contributed by atoms with Crippen LogP contribution < -0.4 is 5.32 Å². The lowest BCUT2D eigenvalue weighted by atomic mass is 10.3. The van der Waals surface area contributed by atoms with Gasteiger partial charge in [-0.05, 0) is 44.5 Å². The molecule has 8 heteroatoms. The number of hydrogen-bond acceptors (Lipinski definition) is 6. The fraction of sp³-hybridized carbons (Fsp3) is 0.300. The minimum Gasteiger partial charge on any atom is -0.452 e. The van der Waals surface area contributed by atoms with Crippen molar-refractivity contribution in [2.75, 3.05) is 13.2 Å². The van der Waals surface area contributed by atoms with Crippen LogP contribution in [-0.4, -0.2) is 39.8 Å². The van der Waals surface area contributed by atoms with E-state index < -0.39 is 5.97 Å². The van der Waals surface area contributed by atoms with Gasteiger partial charge in [-0.3, -0.25) is 9.48 Å². The smallest absolute Gasteiger partial charge is 0.331 e. The molecule has 1 aromatic carbocycles. The van der Waals surface area contributed by atoms with Gasteiger partial charge in [-0.1, -0.05) is 12.1 Å². The summed E-state index contributed by atoms with van der Waals surface area (Å²) in [7, 11) is 0. The molecule has 1 N–H and O–H groups in total. The number of rotatable bonds is 8. The Morgan fingerprint density at radius 1 is 1.29 bits per heavy atom. The molecular weight excluding hydrogens is 376 g/mol. The van der Waals surface area contributed by atoms with Gasteiger partial charge in [0.2, 0.25) is 0 Å². The number of para-hydroxylation sites is 1. The minimum atomic E-state index is -0.572. The number of nitrogens with one attached hydrogen (secondary N) is 1. The summed E-state index contributed by atoms with van der Waals surface area (Å²) in [5.74, 6) is -0.896. The number of nitrogens with zero attached hydrogens (tertiary/aromatic N) is 3. The highest BCUT2D eigenvalue weighted by Crippen LogP contribution is 2.22. The van der Waals surface area contributed by atoms with Crippen molar-refractivity contribution in [2.45, 2.75) is 26.8 Å². The van der Waals surface area contributed by atoms with Crippen LogP contribution in [0.3, 0.4) is 0 Å². The number of aromatic nitrogens is 3. The molecule has 3 aromatic rings. The monoisotopic (exact) mass is 398 g/mol. The Morgan fingerprint density at radius 2 is 2.11 bits per heavy atom. The predicted octanol–water partition coefficient (Wildman–Crippen LogP) is 2.87. The molecule has 0 aliphatic carbocycles. The number of thiazole rings is 1. The number of esters is 1. The van der Waals surface area contributed by atoms with Gasteiger partial charge >= 0.3 is 5.97 Å². The summed E-state index contributed by atoms with van der Waals surface area (Å²) in [6.45, 7) is 4.87. The number of carbonyl (C=O) groups is 2. The molecule has 0 saturated heterocycles. The first-order valence-corrected chi connectivity index (χ1v) is 9.81. The van der Waals surface area contributed by atoms with Gasteiger partial charge in [0, 0.05) is 24.9 Å². The van der Waals surface area contributed by atoms with Crippen LogP contribution >= 0.6 is 11.3 Å². The third-order valence-electron chi connectivity index (χ3n) is 3.99. The lowest BCUT2D eigenvalue weighted by molar-refractivity contribution is -0.143. The first-order valence-electron chi connectivity index (χ1n) is 8.99. The fourth-order valence-corrected chi connectivity index (χ4v) is 3.56. The van der Waals surface area contributed by atoms with Crippen LogP contribution in [0.15, 0.2) is 36.4 Å². The van der Waals surface area contributed by atoms with Crippen molar-refractivity contribution in [3.8, 4) is 0 Å². The van der Waals surface area contributed by atoms with E-state index in [4.69, 9.17) is 4.74 Å². The second kappa shape index (κ2) is 9.27. The van der Waals surface area contributed by atoms with Gasteiger partial charge in [0.1, 0.15) is 5.01 Å². The van der Waals surface area contributed by atoms with Crippen LogP contribution in [0.5, 0.6) is 0 Å². The predicted molar refractivity (Wildman–Crippen MR) is 109 cm³/mol. The molecule has 0 fully saturated rings. The lowest BCUT2D eigenvalue weighted by Crippen LogP contribution is -2.30. The summed E-state index contributed by atoms with van der Waals surface area (Å²) >= 11 is 1.49. The van der Waals surface area contributed by atoms with Gasteiger partial charge in [-0.2, -0.15) is 5.10 Å². The molecule has 0 unspecified atom stereocenters. The van der Waals surface area contributed by atoms with Gasteiger partial charge in [0.15, 0.2) is 6.61 Å². The van der Waals surface area contributed by atoms with E-state index in [0.29, 0.717) is 11.6 Å². The van der Waals surface area contributed by atoms with Crippen LogP contribution in [0.25, 0.3) is 16.3 Å². The molecule has 2 aromatic heterocycles. The Morgan fingerprint density at radius 3 is 2.86 bits per heavy atom. The fourth-order valence-electron chi connectivity index (χ4n) is 2.69. The minimum absolute atomic E-state index is 0.303. The van der Waals surface area contributed by atoms with Crippen LogP contribution in [-0.2, 0) is 20.9 Å². The highest BCUT2D eigenvalue weighted by Gasteiger charge is 2.06. The SMILES string of the molecule is Cc1cc(C)n(CCCNC(=O)COC(=O)/C=C/c2nc3ccccc3s2)n1. The highest BCUT2D eigenvalue weighted by atomic mass is 32.1. The zero-order valence-corrected chi connectivity index (χ0v) is 16.7. The van der Waals surface area contributed by atoms with Gasteiger partial charge in [0.05, 0.1) is 15.9 Å². The maximum absolute atomic E-state index is 11.8. The number of fused-ring (bicyclic) bond motifs is 1. The molecule has 0 spiro atoms. The molecule has 0 aliphatic rings. The maximum atomic E-state index is 11.8. The van der Waals surface area contributed by atoms with Crippen molar-refractivity contribution < 1.29 is 14.3 Å². The van der Waals surface area contributed by atoms with Crippen molar-refractivity contribution in [2.24, 2.45) is 0 Å². The molecule has 3 rings (SSSR count). The Labute approximate surface area is 167 Å². The third-order valence-corrected chi connectivity index (χ3v) is 4.99. The Balaban J connectivity index is 1.35. The highest BCUT2D eigenvalue weighted by molar-refractivity contribution is 7.19. The Bertz CT molecular complexity index is 973. The molecule has 7 nitrogen and oxygen atoms in total. The van der Waals surface area contributed by atoms with E-state index in [0.717, 1.165) is 34.6 Å². The summed E-state index contributed by atoms with van der Waals surface area (Å²) in [6, 6.07) is 9.76. The van der Waals surface area contributed by atoms with Crippen molar-refractivity contribution in [1.82, 2.24) is 20.1 Å². The lowest BCUT2D eigenvalue weighted by Gasteiger charge is -2.06.